The lowest BCUT2D eigenvalue weighted by atomic mass is 9.97. The van der Waals surface area contributed by atoms with Gasteiger partial charge in [-0.25, -0.2) is 4.79 Å². The van der Waals surface area contributed by atoms with Gasteiger partial charge < -0.3 is 14.4 Å². The summed E-state index contributed by atoms with van der Waals surface area (Å²) in [5.41, 5.74) is 2.45. The zero-order valence-corrected chi connectivity index (χ0v) is 16.1. The molecule has 1 aromatic carbocycles. The molecule has 2 N–H and O–H groups in total. The van der Waals surface area contributed by atoms with Gasteiger partial charge in [0, 0.05) is 39.9 Å². The number of rotatable bonds is 3. The van der Waals surface area contributed by atoms with E-state index in [0.717, 1.165) is 30.5 Å². The zero-order valence-electron chi connectivity index (χ0n) is 14.5. The van der Waals surface area contributed by atoms with E-state index < -0.39 is 0 Å². The summed E-state index contributed by atoms with van der Waals surface area (Å²) in [4.78, 5) is 16.3. The van der Waals surface area contributed by atoms with Gasteiger partial charge in [-0.15, -0.1) is 22.7 Å². The molecule has 0 fully saturated rings. The van der Waals surface area contributed by atoms with Crippen LogP contribution in [0.4, 0.5) is 0 Å². The van der Waals surface area contributed by atoms with Crippen LogP contribution in [0.25, 0.3) is 11.0 Å². The SMILES string of the molecule is O=c1cc(C[NH+]2CCc3sccc3[C@H]2c2cccs2)c2ccc(O)cc2o1. The number of aromatic hydroxyl groups is 1. The molecule has 1 aliphatic rings. The molecule has 0 aliphatic carbocycles. The minimum absolute atomic E-state index is 0.104. The second kappa shape index (κ2) is 6.64. The molecule has 0 amide bonds. The number of hydrogen-bond donors (Lipinski definition) is 2. The zero-order chi connectivity index (χ0) is 18.4. The fourth-order valence-corrected chi connectivity index (χ4v) is 5.88. The number of benzene rings is 1. The van der Waals surface area contributed by atoms with Crippen molar-refractivity contribution in [1.82, 2.24) is 0 Å². The number of fused-ring (bicyclic) bond motifs is 2. The van der Waals surface area contributed by atoms with E-state index >= 15 is 0 Å². The number of thiophene rings is 2. The second-order valence-electron chi connectivity index (χ2n) is 6.85. The summed E-state index contributed by atoms with van der Waals surface area (Å²) in [6.07, 6.45) is 1.06. The van der Waals surface area contributed by atoms with Crippen LogP contribution in [0.2, 0.25) is 0 Å². The van der Waals surface area contributed by atoms with E-state index in [-0.39, 0.29) is 11.4 Å². The number of quaternary nitrogens is 1. The summed E-state index contributed by atoms with van der Waals surface area (Å²) in [7, 11) is 0. The standard InChI is InChI=1S/C21H17NO3S2/c23-14-3-4-15-13(10-20(24)25-17(15)11-14)12-22-7-5-18-16(6-9-27-18)21(22)19-2-1-8-26-19/h1-4,6,8-11,21,23H,5,7,12H2/p+1/t21-/m0/s1. The molecule has 4 aromatic rings. The smallest absolute Gasteiger partial charge is 0.336 e. The highest BCUT2D eigenvalue weighted by Crippen LogP contribution is 2.32. The van der Waals surface area contributed by atoms with Crippen molar-refractivity contribution in [2.75, 3.05) is 6.54 Å². The van der Waals surface area contributed by atoms with Gasteiger partial charge in [0.15, 0.2) is 0 Å². The van der Waals surface area contributed by atoms with Crippen molar-refractivity contribution in [1.29, 1.82) is 0 Å². The summed E-state index contributed by atoms with van der Waals surface area (Å²) in [6, 6.07) is 13.4. The Bertz CT molecular complexity index is 1160. The summed E-state index contributed by atoms with van der Waals surface area (Å²) < 4.78 is 5.29. The van der Waals surface area contributed by atoms with Crippen LogP contribution < -0.4 is 10.5 Å². The quantitative estimate of drug-likeness (QED) is 0.522. The van der Waals surface area contributed by atoms with Crippen LogP contribution in [-0.4, -0.2) is 11.7 Å². The number of hydrogen-bond acceptors (Lipinski definition) is 5. The molecular formula is C21H18NO3S2+. The molecule has 0 saturated heterocycles. The summed E-state index contributed by atoms with van der Waals surface area (Å²) >= 11 is 3.63. The topological polar surface area (TPSA) is 54.9 Å². The Hall–Kier alpha value is -2.41. The van der Waals surface area contributed by atoms with Gasteiger partial charge in [0.25, 0.3) is 0 Å². The van der Waals surface area contributed by atoms with Crippen LogP contribution in [0.1, 0.15) is 26.9 Å². The molecule has 4 heterocycles. The van der Waals surface area contributed by atoms with E-state index in [4.69, 9.17) is 4.42 Å². The summed E-state index contributed by atoms with van der Waals surface area (Å²) in [5, 5.41) is 14.9. The molecule has 27 heavy (non-hydrogen) atoms. The molecule has 0 bridgehead atoms. The van der Waals surface area contributed by atoms with Gasteiger partial charge in [0.2, 0.25) is 0 Å². The Kier molecular flexibility index (Phi) is 4.11. The van der Waals surface area contributed by atoms with Gasteiger partial charge in [0.1, 0.15) is 23.9 Å². The third-order valence-electron chi connectivity index (χ3n) is 5.23. The van der Waals surface area contributed by atoms with Crippen LogP contribution in [-0.2, 0) is 13.0 Å². The lowest BCUT2D eigenvalue weighted by Gasteiger charge is -2.32. The van der Waals surface area contributed by atoms with E-state index in [1.165, 1.54) is 26.3 Å². The van der Waals surface area contributed by atoms with Crippen molar-refractivity contribution in [3.63, 3.8) is 0 Å². The van der Waals surface area contributed by atoms with Crippen molar-refractivity contribution < 1.29 is 14.4 Å². The molecular weight excluding hydrogens is 378 g/mol. The molecule has 5 rings (SSSR count). The first-order chi connectivity index (χ1) is 13.2. The Labute approximate surface area is 163 Å². The van der Waals surface area contributed by atoms with Crippen LogP contribution in [0.5, 0.6) is 5.75 Å². The number of phenols is 1. The predicted molar refractivity (Wildman–Crippen MR) is 108 cm³/mol. The first-order valence-electron chi connectivity index (χ1n) is 8.89. The van der Waals surface area contributed by atoms with E-state index in [2.05, 4.69) is 29.0 Å². The average Bonchev–Trinajstić information content (AvgIpc) is 3.32. The highest BCUT2D eigenvalue weighted by molar-refractivity contribution is 7.10. The average molecular weight is 397 g/mol. The van der Waals surface area contributed by atoms with Gasteiger partial charge in [-0.1, -0.05) is 6.07 Å². The molecule has 1 unspecified atom stereocenters. The molecule has 0 radical (unpaired) electrons. The Morgan fingerprint density at radius 3 is 2.93 bits per heavy atom. The molecule has 0 saturated carbocycles. The lowest BCUT2D eigenvalue weighted by Crippen LogP contribution is -3.12. The highest BCUT2D eigenvalue weighted by Gasteiger charge is 2.34. The van der Waals surface area contributed by atoms with Gasteiger partial charge in [-0.2, -0.15) is 0 Å². The lowest BCUT2D eigenvalue weighted by molar-refractivity contribution is -0.940. The van der Waals surface area contributed by atoms with E-state index in [0.29, 0.717) is 11.6 Å². The Morgan fingerprint density at radius 1 is 1.15 bits per heavy atom. The van der Waals surface area contributed by atoms with Gasteiger partial charge in [-0.3, -0.25) is 0 Å². The van der Waals surface area contributed by atoms with Crippen LogP contribution >= 0.6 is 22.7 Å². The van der Waals surface area contributed by atoms with Gasteiger partial charge in [0.05, 0.1) is 11.4 Å². The van der Waals surface area contributed by atoms with Crippen molar-refractivity contribution >= 4 is 33.6 Å². The normalized spacial score (nSPS) is 19.3. The van der Waals surface area contributed by atoms with Gasteiger partial charge >= 0.3 is 5.63 Å². The van der Waals surface area contributed by atoms with Crippen molar-refractivity contribution in [3.05, 3.63) is 84.5 Å². The predicted octanol–water partition coefficient (Wildman–Crippen LogP) is 3.35. The minimum atomic E-state index is -0.372. The largest absolute Gasteiger partial charge is 0.508 e. The Morgan fingerprint density at radius 2 is 2.07 bits per heavy atom. The molecule has 2 atom stereocenters. The van der Waals surface area contributed by atoms with Crippen LogP contribution in [0.3, 0.4) is 0 Å². The van der Waals surface area contributed by atoms with Crippen molar-refractivity contribution in [2.24, 2.45) is 0 Å². The van der Waals surface area contributed by atoms with Crippen molar-refractivity contribution in [3.8, 4) is 5.75 Å². The molecule has 1 aliphatic heterocycles. The fourth-order valence-electron chi connectivity index (χ4n) is 4.06. The molecule has 136 valence electrons. The van der Waals surface area contributed by atoms with Crippen LogP contribution in [0, 0.1) is 0 Å². The summed E-state index contributed by atoms with van der Waals surface area (Å²) in [6.45, 7) is 1.76. The minimum Gasteiger partial charge on any atom is -0.508 e. The number of phenolic OH excluding ortho intramolecular Hbond substituents is 1. The maximum absolute atomic E-state index is 12.1. The first kappa shape index (κ1) is 16.7. The van der Waals surface area contributed by atoms with Crippen molar-refractivity contribution in [2.45, 2.75) is 19.0 Å². The highest BCUT2D eigenvalue weighted by atomic mass is 32.1. The monoisotopic (exact) mass is 396 g/mol. The second-order valence-corrected chi connectivity index (χ2v) is 8.83. The number of nitrogens with one attached hydrogen (secondary N) is 1. The maximum atomic E-state index is 12.1. The third-order valence-corrected chi connectivity index (χ3v) is 7.16. The molecule has 6 heteroatoms. The molecule has 0 spiro atoms. The molecule has 4 nitrogen and oxygen atoms in total. The Balaban J connectivity index is 1.59. The first-order valence-corrected chi connectivity index (χ1v) is 10.6. The van der Waals surface area contributed by atoms with Gasteiger partial charge in [-0.05, 0) is 35.0 Å². The fraction of sp³-hybridized carbons (Fsp3) is 0.190. The molecule has 3 aromatic heterocycles. The van der Waals surface area contributed by atoms with E-state index in [1.807, 2.05) is 17.4 Å². The van der Waals surface area contributed by atoms with E-state index in [9.17, 15) is 9.90 Å². The maximum Gasteiger partial charge on any atom is 0.336 e. The third kappa shape index (κ3) is 3.00. The van der Waals surface area contributed by atoms with Crippen LogP contribution in [0.15, 0.2) is 62.4 Å². The summed E-state index contributed by atoms with van der Waals surface area (Å²) in [5.74, 6) is 0.104. The van der Waals surface area contributed by atoms with E-state index in [1.54, 1.807) is 23.5 Å².